The van der Waals surface area contributed by atoms with E-state index >= 15 is 0 Å². The van der Waals surface area contributed by atoms with Crippen molar-refractivity contribution >= 4 is 28.0 Å². The fraction of sp³-hybridized carbons (Fsp3) is 0.250. The Labute approximate surface area is 194 Å². The third kappa shape index (κ3) is 5.37. The van der Waals surface area contributed by atoms with Gasteiger partial charge in [0.1, 0.15) is 11.6 Å². The molecular weight excluding hydrogens is 446 g/mol. The molecule has 0 fully saturated rings. The lowest BCUT2D eigenvalue weighted by Crippen LogP contribution is -2.39. The number of aromatic nitrogens is 2. The molecule has 0 aliphatic rings. The van der Waals surface area contributed by atoms with Gasteiger partial charge in [0.2, 0.25) is 0 Å². The number of benzene rings is 2. The quantitative estimate of drug-likeness (QED) is 0.377. The van der Waals surface area contributed by atoms with Crippen molar-refractivity contribution in [3.8, 4) is 11.3 Å². The molecule has 2 heterocycles. The zero-order valence-electron chi connectivity index (χ0n) is 18.3. The highest BCUT2D eigenvalue weighted by atomic mass is 32.1. The second-order valence-electron chi connectivity index (χ2n) is 7.66. The smallest absolute Gasteiger partial charge is 0.322 e. The van der Waals surface area contributed by atoms with Crippen LogP contribution < -0.4 is 5.32 Å². The number of fused-ring (bicyclic) bond motifs is 1. The number of carbonyl (C=O) groups is 1. The summed E-state index contributed by atoms with van der Waals surface area (Å²) in [5.74, 6) is -1.52. The van der Waals surface area contributed by atoms with Crippen LogP contribution in [0.15, 0.2) is 54.0 Å². The summed E-state index contributed by atoms with van der Waals surface area (Å²) in [4.78, 5) is 19.9. The van der Waals surface area contributed by atoms with Crippen molar-refractivity contribution in [1.82, 2.24) is 14.3 Å². The first kappa shape index (κ1) is 22.9. The molecule has 2 aromatic heterocycles. The van der Waals surface area contributed by atoms with Gasteiger partial charge in [-0.05, 0) is 19.1 Å². The van der Waals surface area contributed by atoms with Gasteiger partial charge >= 0.3 is 6.03 Å². The molecule has 0 aliphatic heterocycles. The van der Waals surface area contributed by atoms with E-state index in [2.05, 4.69) is 17.4 Å². The molecule has 4 rings (SSSR count). The standard InChI is InChI=1S/C24H24F2N4O2S/c1-16-3-5-17(6-4-16)22-14-30-19(15-33-24(30)28-22)9-10-29(11-12-32-2)23(31)27-21-8-7-18(25)13-20(21)26/h3-8,13-15H,9-12H2,1-2H3,(H,27,31). The second kappa shape index (κ2) is 10.1. The Morgan fingerprint density at radius 1 is 1.18 bits per heavy atom. The van der Waals surface area contributed by atoms with E-state index in [1.807, 2.05) is 35.0 Å². The first-order valence-corrected chi connectivity index (χ1v) is 11.3. The van der Waals surface area contributed by atoms with Crippen LogP contribution >= 0.6 is 11.3 Å². The molecular formula is C24H24F2N4O2S. The topological polar surface area (TPSA) is 58.9 Å². The van der Waals surface area contributed by atoms with E-state index in [4.69, 9.17) is 9.72 Å². The number of imidazole rings is 1. The molecule has 0 atom stereocenters. The van der Waals surface area contributed by atoms with Crippen molar-refractivity contribution in [3.63, 3.8) is 0 Å². The van der Waals surface area contributed by atoms with Crippen LogP contribution in [0.2, 0.25) is 0 Å². The maximum Gasteiger partial charge on any atom is 0.322 e. The summed E-state index contributed by atoms with van der Waals surface area (Å²) in [6, 6.07) is 10.8. The van der Waals surface area contributed by atoms with Gasteiger partial charge in [0.05, 0.1) is 18.0 Å². The van der Waals surface area contributed by atoms with Crippen molar-refractivity contribution < 1.29 is 18.3 Å². The van der Waals surface area contributed by atoms with E-state index in [9.17, 15) is 13.6 Å². The van der Waals surface area contributed by atoms with Gasteiger partial charge in [0.15, 0.2) is 4.96 Å². The zero-order chi connectivity index (χ0) is 23.4. The second-order valence-corrected chi connectivity index (χ2v) is 8.49. The van der Waals surface area contributed by atoms with E-state index in [1.165, 1.54) is 23.0 Å². The lowest BCUT2D eigenvalue weighted by Gasteiger charge is -2.23. The Balaban J connectivity index is 1.48. The molecule has 0 radical (unpaired) electrons. The minimum absolute atomic E-state index is 0.0703. The number of nitrogens with one attached hydrogen (secondary N) is 1. The van der Waals surface area contributed by atoms with Crippen LogP contribution in [0.5, 0.6) is 0 Å². The summed E-state index contributed by atoms with van der Waals surface area (Å²) >= 11 is 1.54. The third-order valence-electron chi connectivity index (χ3n) is 5.29. The number of hydrogen-bond acceptors (Lipinski definition) is 4. The molecule has 4 aromatic rings. The molecule has 172 valence electrons. The van der Waals surface area contributed by atoms with Gasteiger partial charge in [0.25, 0.3) is 0 Å². The van der Waals surface area contributed by atoms with Crippen molar-refractivity contribution in [3.05, 3.63) is 76.9 Å². The Kier molecular flexibility index (Phi) is 7.00. The molecule has 0 aliphatic carbocycles. The zero-order valence-corrected chi connectivity index (χ0v) is 19.2. The molecule has 2 amide bonds. The van der Waals surface area contributed by atoms with Crippen LogP contribution in [0, 0.1) is 18.6 Å². The van der Waals surface area contributed by atoms with Crippen molar-refractivity contribution in [2.45, 2.75) is 13.3 Å². The van der Waals surface area contributed by atoms with Crippen LogP contribution in [0.25, 0.3) is 16.2 Å². The monoisotopic (exact) mass is 470 g/mol. The van der Waals surface area contributed by atoms with E-state index in [0.717, 1.165) is 34.0 Å². The molecule has 33 heavy (non-hydrogen) atoms. The number of halogens is 2. The lowest BCUT2D eigenvalue weighted by molar-refractivity contribution is 0.155. The number of amides is 2. The van der Waals surface area contributed by atoms with Gasteiger partial charge in [0, 0.05) is 55.5 Å². The number of carbonyl (C=O) groups excluding carboxylic acids is 1. The minimum Gasteiger partial charge on any atom is -0.383 e. The van der Waals surface area contributed by atoms with E-state index in [1.54, 1.807) is 12.0 Å². The van der Waals surface area contributed by atoms with Crippen LogP contribution in [0.4, 0.5) is 19.3 Å². The number of urea groups is 1. The largest absolute Gasteiger partial charge is 0.383 e. The van der Waals surface area contributed by atoms with Gasteiger partial charge in [-0.25, -0.2) is 18.6 Å². The molecule has 0 unspecified atom stereocenters. The SMILES string of the molecule is COCCN(CCc1csc2nc(-c3ccc(C)cc3)cn12)C(=O)Nc1ccc(F)cc1F. The third-order valence-corrected chi connectivity index (χ3v) is 6.18. The predicted molar refractivity (Wildman–Crippen MR) is 126 cm³/mol. The van der Waals surface area contributed by atoms with E-state index < -0.39 is 17.7 Å². The van der Waals surface area contributed by atoms with Gasteiger partial charge in [-0.1, -0.05) is 29.8 Å². The number of methoxy groups -OCH3 is 1. The average molecular weight is 471 g/mol. The highest BCUT2D eigenvalue weighted by Gasteiger charge is 2.17. The fourth-order valence-electron chi connectivity index (χ4n) is 3.42. The highest BCUT2D eigenvalue weighted by Crippen LogP contribution is 2.24. The van der Waals surface area contributed by atoms with Crippen LogP contribution in [-0.2, 0) is 11.2 Å². The summed E-state index contributed by atoms with van der Waals surface area (Å²) < 4.78 is 34.3. The average Bonchev–Trinajstić information content (AvgIpc) is 3.37. The van der Waals surface area contributed by atoms with Gasteiger partial charge in [-0.15, -0.1) is 11.3 Å². The van der Waals surface area contributed by atoms with Gasteiger partial charge < -0.3 is 15.0 Å². The van der Waals surface area contributed by atoms with Crippen LogP contribution in [0.1, 0.15) is 11.3 Å². The number of aryl methyl sites for hydroxylation is 1. The Morgan fingerprint density at radius 2 is 1.97 bits per heavy atom. The first-order valence-electron chi connectivity index (χ1n) is 10.5. The normalized spacial score (nSPS) is 11.2. The number of nitrogens with zero attached hydrogens (tertiary/aromatic N) is 3. The Hall–Kier alpha value is -3.30. The highest BCUT2D eigenvalue weighted by molar-refractivity contribution is 7.15. The molecule has 6 nitrogen and oxygen atoms in total. The number of ether oxygens (including phenoxy) is 1. The molecule has 0 saturated heterocycles. The minimum atomic E-state index is -0.823. The van der Waals surface area contributed by atoms with Gasteiger partial charge in [-0.2, -0.15) is 0 Å². The van der Waals surface area contributed by atoms with E-state index in [-0.39, 0.29) is 5.69 Å². The molecule has 2 aromatic carbocycles. The summed E-state index contributed by atoms with van der Waals surface area (Å²) in [5, 5.41) is 4.54. The fourth-order valence-corrected chi connectivity index (χ4v) is 4.33. The maximum absolute atomic E-state index is 14.0. The predicted octanol–water partition coefficient (Wildman–Crippen LogP) is 5.37. The summed E-state index contributed by atoms with van der Waals surface area (Å²) in [6.07, 6.45) is 2.58. The lowest BCUT2D eigenvalue weighted by atomic mass is 10.1. The summed E-state index contributed by atoms with van der Waals surface area (Å²) in [6.45, 7) is 3.10. The number of rotatable bonds is 8. The molecule has 1 N–H and O–H groups in total. The molecule has 0 bridgehead atoms. The molecule has 9 heteroatoms. The number of anilines is 1. The van der Waals surface area contributed by atoms with Crippen molar-refractivity contribution in [2.75, 3.05) is 32.1 Å². The van der Waals surface area contributed by atoms with Crippen LogP contribution in [-0.4, -0.2) is 47.1 Å². The number of hydrogen-bond donors (Lipinski definition) is 1. The maximum atomic E-state index is 14.0. The van der Waals surface area contributed by atoms with E-state index in [0.29, 0.717) is 26.1 Å². The van der Waals surface area contributed by atoms with Crippen LogP contribution in [0.3, 0.4) is 0 Å². The van der Waals surface area contributed by atoms with Gasteiger partial charge in [-0.3, -0.25) is 4.40 Å². The summed E-state index contributed by atoms with van der Waals surface area (Å²) in [7, 11) is 1.55. The molecule has 0 spiro atoms. The Bertz CT molecular complexity index is 1250. The summed E-state index contributed by atoms with van der Waals surface area (Å²) in [5.41, 5.74) is 4.08. The first-order chi connectivity index (χ1) is 15.9. The van der Waals surface area contributed by atoms with Crippen molar-refractivity contribution in [1.29, 1.82) is 0 Å². The number of thiazole rings is 1. The molecule has 0 saturated carbocycles. The van der Waals surface area contributed by atoms with Crippen molar-refractivity contribution in [2.24, 2.45) is 0 Å². The Morgan fingerprint density at radius 3 is 2.70 bits per heavy atom.